The maximum atomic E-state index is 4.02. The summed E-state index contributed by atoms with van der Waals surface area (Å²) < 4.78 is 0. The molecule has 96 valence electrons. The SMILES string of the molecule is CC(C)CNCC(C)NCCc1ccncc1. The van der Waals surface area contributed by atoms with Crippen LogP contribution in [0.2, 0.25) is 0 Å². The van der Waals surface area contributed by atoms with Crippen molar-refractivity contribution in [1.82, 2.24) is 15.6 Å². The number of nitrogens with one attached hydrogen (secondary N) is 2. The molecule has 0 aliphatic carbocycles. The molecule has 0 radical (unpaired) electrons. The molecule has 17 heavy (non-hydrogen) atoms. The van der Waals surface area contributed by atoms with Crippen molar-refractivity contribution in [3.63, 3.8) is 0 Å². The zero-order valence-corrected chi connectivity index (χ0v) is 11.2. The normalized spacial score (nSPS) is 12.9. The summed E-state index contributed by atoms with van der Waals surface area (Å²) in [6.07, 6.45) is 4.77. The predicted molar refractivity (Wildman–Crippen MR) is 73.1 cm³/mol. The van der Waals surface area contributed by atoms with Gasteiger partial charge < -0.3 is 10.6 Å². The fourth-order valence-corrected chi connectivity index (χ4v) is 1.67. The van der Waals surface area contributed by atoms with Gasteiger partial charge in [0.05, 0.1) is 0 Å². The lowest BCUT2D eigenvalue weighted by molar-refractivity contribution is 0.474. The van der Waals surface area contributed by atoms with Crippen molar-refractivity contribution in [2.45, 2.75) is 33.2 Å². The molecule has 1 atom stereocenters. The Morgan fingerprint density at radius 3 is 2.47 bits per heavy atom. The zero-order chi connectivity index (χ0) is 12.5. The second kappa shape index (κ2) is 8.20. The van der Waals surface area contributed by atoms with E-state index in [0.29, 0.717) is 6.04 Å². The predicted octanol–water partition coefficient (Wildman–Crippen LogP) is 1.85. The van der Waals surface area contributed by atoms with Crippen LogP contribution >= 0.6 is 0 Å². The van der Waals surface area contributed by atoms with Crippen LogP contribution in [0.1, 0.15) is 26.3 Å². The van der Waals surface area contributed by atoms with Crippen LogP contribution in [0.5, 0.6) is 0 Å². The van der Waals surface area contributed by atoms with E-state index in [4.69, 9.17) is 0 Å². The van der Waals surface area contributed by atoms with Gasteiger partial charge >= 0.3 is 0 Å². The van der Waals surface area contributed by atoms with Crippen molar-refractivity contribution in [3.05, 3.63) is 30.1 Å². The average Bonchev–Trinajstić information content (AvgIpc) is 2.30. The number of hydrogen-bond acceptors (Lipinski definition) is 3. The van der Waals surface area contributed by atoms with E-state index >= 15 is 0 Å². The maximum Gasteiger partial charge on any atom is 0.0270 e. The third-order valence-corrected chi connectivity index (χ3v) is 2.66. The van der Waals surface area contributed by atoms with Gasteiger partial charge in [-0.05, 0) is 50.0 Å². The Hall–Kier alpha value is -0.930. The van der Waals surface area contributed by atoms with Crippen LogP contribution in [-0.2, 0) is 6.42 Å². The van der Waals surface area contributed by atoms with Gasteiger partial charge in [0.1, 0.15) is 0 Å². The molecular formula is C14H25N3. The molecule has 0 spiro atoms. The second-order valence-electron chi connectivity index (χ2n) is 5.01. The Morgan fingerprint density at radius 1 is 1.12 bits per heavy atom. The molecule has 0 bridgehead atoms. The lowest BCUT2D eigenvalue weighted by Crippen LogP contribution is -2.38. The highest BCUT2D eigenvalue weighted by molar-refractivity contribution is 5.09. The number of pyridine rings is 1. The van der Waals surface area contributed by atoms with Crippen LogP contribution in [-0.4, -0.2) is 30.7 Å². The molecule has 0 saturated carbocycles. The molecule has 3 nitrogen and oxygen atoms in total. The van der Waals surface area contributed by atoms with E-state index in [0.717, 1.165) is 32.0 Å². The molecule has 2 N–H and O–H groups in total. The van der Waals surface area contributed by atoms with Crippen LogP contribution < -0.4 is 10.6 Å². The van der Waals surface area contributed by atoms with Gasteiger partial charge in [0.2, 0.25) is 0 Å². The minimum Gasteiger partial charge on any atom is -0.315 e. The first-order valence-electron chi connectivity index (χ1n) is 6.51. The Balaban J connectivity index is 2.06. The van der Waals surface area contributed by atoms with Crippen LogP contribution in [0.3, 0.4) is 0 Å². The quantitative estimate of drug-likeness (QED) is 0.722. The highest BCUT2D eigenvalue weighted by Gasteiger charge is 2.01. The van der Waals surface area contributed by atoms with E-state index in [-0.39, 0.29) is 0 Å². The fourth-order valence-electron chi connectivity index (χ4n) is 1.67. The third-order valence-electron chi connectivity index (χ3n) is 2.66. The van der Waals surface area contributed by atoms with E-state index in [1.165, 1.54) is 5.56 Å². The van der Waals surface area contributed by atoms with Gasteiger partial charge in [-0.3, -0.25) is 4.98 Å². The van der Waals surface area contributed by atoms with Gasteiger partial charge in [-0.25, -0.2) is 0 Å². The first-order chi connectivity index (χ1) is 8.18. The average molecular weight is 235 g/mol. The fraction of sp³-hybridized carbons (Fsp3) is 0.643. The second-order valence-corrected chi connectivity index (χ2v) is 5.01. The summed E-state index contributed by atoms with van der Waals surface area (Å²) in [7, 11) is 0. The molecule has 1 aromatic rings. The summed E-state index contributed by atoms with van der Waals surface area (Å²) in [4.78, 5) is 4.02. The van der Waals surface area contributed by atoms with Crippen LogP contribution in [0.15, 0.2) is 24.5 Å². The van der Waals surface area contributed by atoms with E-state index in [1.54, 1.807) is 0 Å². The van der Waals surface area contributed by atoms with Crippen molar-refractivity contribution < 1.29 is 0 Å². The molecule has 1 aromatic heterocycles. The third kappa shape index (κ3) is 7.08. The van der Waals surface area contributed by atoms with Crippen LogP contribution in [0.25, 0.3) is 0 Å². The summed E-state index contributed by atoms with van der Waals surface area (Å²) in [5.74, 6) is 0.721. The highest BCUT2D eigenvalue weighted by Crippen LogP contribution is 1.96. The van der Waals surface area contributed by atoms with Gasteiger partial charge in [0, 0.05) is 25.0 Å². The minimum atomic E-state index is 0.524. The van der Waals surface area contributed by atoms with E-state index < -0.39 is 0 Å². The first kappa shape index (κ1) is 14.1. The lowest BCUT2D eigenvalue weighted by Gasteiger charge is -2.15. The van der Waals surface area contributed by atoms with Crippen molar-refractivity contribution in [1.29, 1.82) is 0 Å². The monoisotopic (exact) mass is 235 g/mol. The summed E-state index contributed by atoms with van der Waals surface area (Å²) in [6, 6.07) is 4.67. The highest BCUT2D eigenvalue weighted by atomic mass is 15.0. The molecule has 1 heterocycles. The zero-order valence-electron chi connectivity index (χ0n) is 11.2. The maximum absolute atomic E-state index is 4.02. The molecule has 0 fully saturated rings. The van der Waals surface area contributed by atoms with Crippen molar-refractivity contribution in [2.75, 3.05) is 19.6 Å². The molecule has 0 aliphatic heterocycles. The van der Waals surface area contributed by atoms with Gasteiger partial charge in [0.25, 0.3) is 0 Å². The Morgan fingerprint density at radius 2 is 1.82 bits per heavy atom. The van der Waals surface area contributed by atoms with Crippen molar-refractivity contribution in [3.8, 4) is 0 Å². The Bertz CT molecular complexity index is 285. The molecule has 1 unspecified atom stereocenters. The van der Waals surface area contributed by atoms with Crippen molar-refractivity contribution >= 4 is 0 Å². The van der Waals surface area contributed by atoms with Crippen LogP contribution in [0.4, 0.5) is 0 Å². The minimum absolute atomic E-state index is 0.524. The Kier molecular flexibility index (Phi) is 6.82. The molecule has 0 aromatic carbocycles. The largest absolute Gasteiger partial charge is 0.315 e. The topological polar surface area (TPSA) is 37.0 Å². The van der Waals surface area contributed by atoms with E-state index in [9.17, 15) is 0 Å². The molecule has 0 saturated heterocycles. The number of hydrogen-bond donors (Lipinski definition) is 2. The van der Waals surface area contributed by atoms with E-state index in [1.807, 2.05) is 12.4 Å². The summed E-state index contributed by atoms with van der Waals surface area (Å²) in [5.41, 5.74) is 1.34. The number of rotatable bonds is 8. The van der Waals surface area contributed by atoms with E-state index in [2.05, 4.69) is 48.5 Å². The summed E-state index contributed by atoms with van der Waals surface area (Å²) in [5, 5.41) is 6.98. The standard InChI is InChI=1S/C14H25N3/c1-12(2)10-16-11-13(3)17-9-6-14-4-7-15-8-5-14/h4-5,7-8,12-13,16-17H,6,9-11H2,1-3H3. The summed E-state index contributed by atoms with van der Waals surface area (Å²) >= 11 is 0. The molecule has 0 amide bonds. The smallest absolute Gasteiger partial charge is 0.0270 e. The van der Waals surface area contributed by atoms with Gasteiger partial charge in [-0.1, -0.05) is 13.8 Å². The molecule has 1 rings (SSSR count). The van der Waals surface area contributed by atoms with Gasteiger partial charge in [0.15, 0.2) is 0 Å². The lowest BCUT2D eigenvalue weighted by atomic mass is 10.2. The first-order valence-corrected chi connectivity index (χ1v) is 6.51. The number of aromatic nitrogens is 1. The van der Waals surface area contributed by atoms with Crippen molar-refractivity contribution in [2.24, 2.45) is 5.92 Å². The molecule has 0 aliphatic rings. The molecule has 3 heteroatoms. The molecular weight excluding hydrogens is 210 g/mol. The number of nitrogens with zero attached hydrogens (tertiary/aromatic N) is 1. The Labute approximate surface area is 105 Å². The van der Waals surface area contributed by atoms with Gasteiger partial charge in [-0.15, -0.1) is 0 Å². The van der Waals surface area contributed by atoms with Gasteiger partial charge in [-0.2, -0.15) is 0 Å². The van der Waals surface area contributed by atoms with Crippen LogP contribution in [0, 0.1) is 5.92 Å². The summed E-state index contributed by atoms with van der Waals surface area (Å²) in [6.45, 7) is 9.84.